The Balaban J connectivity index is 2.00. The number of carbonyl (C=O) groups excluding carboxylic acids is 1. The minimum atomic E-state index is -3.07. The third-order valence-electron chi connectivity index (χ3n) is 4.28. The van der Waals surface area contributed by atoms with Crippen LogP contribution in [0.25, 0.3) is 16.8 Å². The number of methoxy groups -OCH3 is 2. The number of carbonyl (C=O) groups is 1. The highest BCUT2D eigenvalue weighted by Crippen LogP contribution is 2.37. The molecule has 3 aromatic carbocycles. The maximum absolute atomic E-state index is 12.9. The van der Waals surface area contributed by atoms with E-state index in [2.05, 4.69) is 4.74 Å². The van der Waals surface area contributed by atoms with Crippen LogP contribution in [0.1, 0.15) is 15.9 Å². The fraction of sp³-hybridized carbons (Fsp3) is 0.136. The standard InChI is InChI=1S/C22H18F2O5/c1-27-18-11-13(12-19(28-2)20(18)26)7-10-17(25)16-9-8-14-5-3-4-6-15(14)21(16)29-22(23)24/h3-12,22,26H,1-2H3/b10-7+. The fourth-order valence-electron chi connectivity index (χ4n) is 2.92. The first-order valence-corrected chi connectivity index (χ1v) is 8.58. The summed E-state index contributed by atoms with van der Waals surface area (Å²) >= 11 is 0. The van der Waals surface area contributed by atoms with E-state index in [0.717, 1.165) is 0 Å². The van der Waals surface area contributed by atoms with Crippen molar-refractivity contribution in [1.29, 1.82) is 0 Å². The number of aromatic hydroxyl groups is 1. The largest absolute Gasteiger partial charge is 0.502 e. The van der Waals surface area contributed by atoms with E-state index in [1.807, 2.05) is 0 Å². The smallest absolute Gasteiger partial charge is 0.387 e. The molecule has 0 unspecified atom stereocenters. The Labute approximate surface area is 165 Å². The van der Waals surface area contributed by atoms with Gasteiger partial charge in [0.2, 0.25) is 5.75 Å². The zero-order chi connectivity index (χ0) is 21.0. The molecule has 0 fully saturated rings. The van der Waals surface area contributed by atoms with Crippen LogP contribution in [0.15, 0.2) is 54.6 Å². The first-order valence-electron chi connectivity index (χ1n) is 8.58. The van der Waals surface area contributed by atoms with Gasteiger partial charge in [0, 0.05) is 5.39 Å². The van der Waals surface area contributed by atoms with Crippen LogP contribution in [0, 0.1) is 0 Å². The fourth-order valence-corrected chi connectivity index (χ4v) is 2.92. The van der Waals surface area contributed by atoms with Gasteiger partial charge >= 0.3 is 6.61 Å². The van der Waals surface area contributed by atoms with Crippen molar-refractivity contribution < 1.29 is 32.9 Å². The first kappa shape index (κ1) is 20.1. The molecule has 5 nitrogen and oxygen atoms in total. The van der Waals surface area contributed by atoms with E-state index in [4.69, 9.17) is 9.47 Å². The van der Waals surface area contributed by atoms with E-state index in [0.29, 0.717) is 16.3 Å². The van der Waals surface area contributed by atoms with Crippen LogP contribution in [-0.2, 0) is 0 Å². The number of phenolic OH excluding ortho intramolecular Hbond substituents is 1. The summed E-state index contributed by atoms with van der Waals surface area (Å²) < 4.78 is 40.7. The van der Waals surface area contributed by atoms with Crippen molar-refractivity contribution in [2.75, 3.05) is 14.2 Å². The predicted molar refractivity (Wildman–Crippen MR) is 105 cm³/mol. The van der Waals surface area contributed by atoms with E-state index in [1.165, 1.54) is 44.6 Å². The molecule has 0 spiro atoms. The average Bonchev–Trinajstić information content (AvgIpc) is 2.72. The summed E-state index contributed by atoms with van der Waals surface area (Å²) in [6.45, 7) is -3.07. The second-order valence-corrected chi connectivity index (χ2v) is 6.01. The Hall–Kier alpha value is -3.61. The maximum Gasteiger partial charge on any atom is 0.387 e. The van der Waals surface area contributed by atoms with E-state index < -0.39 is 12.4 Å². The highest BCUT2D eigenvalue weighted by Gasteiger charge is 2.17. The van der Waals surface area contributed by atoms with Crippen LogP contribution in [0.5, 0.6) is 23.0 Å². The van der Waals surface area contributed by atoms with Crippen molar-refractivity contribution in [2.45, 2.75) is 6.61 Å². The second-order valence-electron chi connectivity index (χ2n) is 6.01. The Morgan fingerprint density at radius 1 is 1.03 bits per heavy atom. The van der Waals surface area contributed by atoms with Gasteiger partial charge in [-0.15, -0.1) is 0 Å². The molecule has 0 aromatic heterocycles. The summed E-state index contributed by atoms with van der Waals surface area (Å²) in [7, 11) is 2.77. The molecule has 150 valence electrons. The van der Waals surface area contributed by atoms with Crippen molar-refractivity contribution >= 4 is 22.6 Å². The van der Waals surface area contributed by atoms with Gasteiger partial charge in [-0.25, -0.2) is 0 Å². The number of phenols is 1. The predicted octanol–water partition coefficient (Wildman–Crippen LogP) is 5.06. The number of alkyl halides is 2. The summed E-state index contributed by atoms with van der Waals surface area (Å²) in [5, 5.41) is 11.1. The second kappa shape index (κ2) is 8.60. The summed E-state index contributed by atoms with van der Waals surface area (Å²) in [6, 6.07) is 12.9. The van der Waals surface area contributed by atoms with Gasteiger partial charge < -0.3 is 19.3 Å². The van der Waals surface area contributed by atoms with E-state index in [9.17, 15) is 18.7 Å². The molecule has 3 aromatic rings. The Bertz CT molecular complexity index is 1050. The Morgan fingerprint density at radius 3 is 2.31 bits per heavy atom. The molecule has 1 N–H and O–H groups in total. The molecule has 3 rings (SSSR count). The maximum atomic E-state index is 12.9. The monoisotopic (exact) mass is 400 g/mol. The molecular weight excluding hydrogens is 382 g/mol. The van der Waals surface area contributed by atoms with Gasteiger partial charge in [0.05, 0.1) is 19.8 Å². The number of fused-ring (bicyclic) bond motifs is 1. The van der Waals surface area contributed by atoms with Gasteiger partial charge in [0.15, 0.2) is 17.3 Å². The van der Waals surface area contributed by atoms with Crippen LogP contribution >= 0.6 is 0 Å². The van der Waals surface area contributed by atoms with Crippen molar-refractivity contribution in [3.8, 4) is 23.0 Å². The molecule has 0 amide bonds. The van der Waals surface area contributed by atoms with E-state index >= 15 is 0 Å². The van der Waals surface area contributed by atoms with Gasteiger partial charge in [0.1, 0.15) is 5.75 Å². The van der Waals surface area contributed by atoms with E-state index in [-0.39, 0.29) is 28.6 Å². The zero-order valence-corrected chi connectivity index (χ0v) is 15.7. The number of ketones is 1. The van der Waals surface area contributed by atoms with Crippen molar-refractivity contribution in [1.82, 2.24) is 0 Å². The number of ether oxygens (including phenoxy) is 3. The molecular formula is C22H18F2O5. The number of hydrogen-bond donors (Lipinski definition) is 1. The topological polar surface area (TPSA) is 65.0 Å². The van der Waals surface area contributed by atoms with Crippen LogP contribution in [0.4, 0.5) is 8.78 Å². The lowest BCUT2D eigenvalue weighted by atomic mass is 10.0. The number of halogens is 2. The van der Waals surface area contributed by atoms with Gasteiger partial charge in [-0.05, 0) is 35.2 Å². The summed E-state index contributed by atoms with van der Waals surface area (Å²) in [5.74, 6) is -0.514. The van der Waals surface area contributed by atoms with Crippen LogP contribution in [-0.4, -0.2) is 31.7 Å². The molecule has 0 radical (unpaired) electrons. The first-order chi connectivity index (χ1) is 13.9. The van der Waals surface area contributed by atoms with Crippen LogP contribution in [0.3, 0.4) is 0 Å². The number of benzene rings is 3. The van der Waals surface area contributed by atoms with Crippen LogP contribution < -0.4 is 14.2 Å². The van der Waals surface area contributed by atoms with Gasteiger partial charge in [-0.1, -0.05) is 36.4 Å². The van der Waals surface area contributed by atoms with Crippen molar-refractivity contribution in [2.24, 2.45) is 0 Å². The Kier molecular flexibility index (Phi) is 5.97. The highest BCUT2D eigenvalue weighted by atomic mass is 19.3. The zero-order valence-electron chi connectivity index (χ0n) is 15.7. The number of allylic oxidation sites excluding steroid dienone is 1. The lowest BCUT2D eigenvalue weighted by Crippen LogP contribution is -2.07. The molecule has 0 saturated heterocycles. The third-order valence-corrected chi connectivity index (χ3v) is 4.28. The number of rotatable bonds is 7. The van der Waals surface area contributed by atoms with E-state index in [1.54, 1.807) is 30.3 Å². The molecule has 0 atom stereocenters. The highest BCUT2D eigenvalue weighted by molar-refractivity contribution is 6.12. The molecule has 0 aliphatic rings. The molecule has 7 heteroatoms. The number of hydrogen-bond acceptors (Lipinski definition) is 5. The molecule has 0 heterocycles. The van der Waals surface area contributed by atoms with Crippen molar-refractivity contribution in [3.05, 3.63) is 65.7 Å². The molecule has 0 aliphatic carbocycles. The quantitative estimate of drug-likeness (QED) is 0.444. The minimum absolute atomic E-state index is 0.0120. The molecule has 0 bridgehead atoms. The lowest BCUT2D eigenvalue weighted by molar-refractivity contribution is -0.0490. The SMILES string of the molecule is COc1cc(/C=C/C(=O)c2ccc3ccccc3c2OC(F)F)cc(OC)c1O. The Morgan fingerprint density at radius 2 is 1.69 bits per heavy atom. The summed E-state index contributed by atoms with van der Waals surface area (Å²) in [6.07, 6.45) is 2.70. The summed E-state index contributed by atoms with van der Waals surface area (Å²) in [4.78, 5) is 12.7. The van der Waals surface area contributed by atoms with Gasteiger partial charge in [0.25, 0.3) is 0 Å². The minimum Gasteiger partial charge on any atom is -0.502 e. The summed E-state index contributed by atoms with van der Waals surface area (Å²) in [5.41, 5.74) is 0.528. The average molecular weight is 400 g/mol. The third kappa shape index (κ3) is 4.29. The van der Waals surface area contributed by atoms with Gasteiger partial charge in [-0.3, -0.25) is 4.79 Å². The van der Waals surface area contributed by atoms with Gasteiger partial charge in [-0.2, -0.15) is 8.78 Å². The molecule has 0 saturated carbocycles. The molecule has 0 aliphatic heterocycles. The normalized spacial score (nSPS) is 11.2. The lowest BCUT2D eigenvalue weighted by Gasteiger charge is -2.12. The van der Waals surface area contributed by atoms with Crippen LogP contribution in [0.2, 0.25) is 0 Å². The van der Waals surface area contributed by atoms with Crippen molar-refractivity contribution in [3.63, 3.8) is 0 Å². The molecule has 29 heavy (non-hydrogen) atoms.